The standard InChI is InChI=1S/C19H22O5/c1-4-7-17(24-18(20)13-10-11-13)15-9-6-5-8-14(15)16(12-22-2)19(21)23-3/h4-6,8-9,12-13,17H,1,7,10-11H2,2-3H3. The van der Waals surface area contributed by atoms with Crippen molar-refractivity contribution in [2.24, 2.45) is 5.92 Å². The van der Waals surface area contributed by atoms with Crippen LogP contribution in [0.25, 0.3) is 5.57 Å². The molecule has 0 N–H and O–H groups in total. The molecule has 5 heteroatoms. The normalized spacial score (nSPS) is 15.3. The molecule has 5 nitrogen and oxygen atoms in total. The third-order valence-corrected chi connectivity index (χ3v) is 3.79. The van der Waals surface area contributed by atoms with Crippen molar-refractivity contribution < 1.29 is 23.8 Å². The van der Waals surface area contributed by atoms with Crippen LogP contribution in [0.4, 0.5) is 0 Å². The van der Waals surface area contributed by atoms with Gasteiger partial charge in [-0.2, -0.15) is 0 Å². The molecule has 1 aliphatic rings. The molecule has 1 aromatic carbocycles. The van der Waals surface area contributed by atoms with Crippen molar-refractivity contribution in [3.8, 4) is 0 Å². The summed E-state index contributed by atoms with van der Waals surface area (Å²) in [5.41, 5.74) is 1.61. The van der Waals surface area contributed by atoms with Gasteiger partial charge in [-0.1, -0.05) is 30.3 Å². The van der Waals surface area contributed by atoms with Crippen LogP contribution < -0.4 is 0 Å². The molecule has 1 saturated carbocycles. The predicted octanol–water partition coefficient (Wildman–Crippen LogP) is 3.42. The van der Waals surface area contributed by atoms with Crippen molar-refractivity contribution in [3.05, 3.63) is 54.3 Å². The minimum Gasteiger partial charge on any atom is -0.503 e. The lowest BCUT2D eigenvalue weighted by Gasteiger charge is -2.20. The summed E-state index contributed by atoms with van der Waals surface area (Å²) in [5, 5.41) is 0. The van der Waals surface area contributed by atoms with Crippen LogP contribution in [0.3, 0.4) is 0 Å². The molecular weight excluding hydrogens is 308 g/mol. The molecule has 0 heterocycles. The zero-order chi connectivity index (χ0) is 17.5. The molecule has 1 aromatic rings. The molecule has 128 valence electrons. The van der Waals surface area contributed by atoms with Gasteiger partial charge in [-0.25, -0.2) is 4.79 Å². The maximum Gasteiger partial charge on any atom is 0.341 e. The summed E-state index contributed by atoms with van der Waals surface area (Å²) in [5.74, 6) is -0.721. The van der Waals surface area contributed by atoms with E-state index < -0.39 is 12.1 Å². The van der Waals surface area contributed by atoms with Crippen LogP contribution in [0.2, 0.25) is 0 Å². The second-order valence-corrected chi connectivity index (χ2v) is 5.57. The van der Waals surface area contributed by atoms with E-state index >= 15 is 0 Å². The first-order chi connectivity index (χ1) is 11.6. The fourth-order valence-electron chi connectivity index (χ4n) is 2.42. The summed E-state index contributed by atoms with van der Waals surface area (Å²) in [6.07, 6.45) is 4.72. The molecule has 1 fully saturated rings. The number of ether oxygens (including phenoxy) is 3. The highest BCUT2D eigenvalue weighted by Gasteiger charge is 2.33. The van der Waals surface area contributed by atoms with Gasteiger partial charge in [0.1, 0.15) is 11.7 Å². The average Bonchev–Trinajstić information content (AvgIpc) is 3.44. The van der Waals surface area contributed by atoms with Crippen LogP contribution in [0.1, 0.15) is 36.5 Å². The number of esters is 2. The van der Waals surface area contributed by atoms with Crippen molar-refractivity contribution in [1.82, 2.24) is 0 Å². The summed E-state index contributed by atoms with van der Waals surface area (Å²) in [7, 11) is 2.77. The topological polar surface area (TPSA) is 61.8 Å². The van der Waals surface area contributed by atoms with E-state index in [1.165, 1.54) is 20.5 Å². The van der Waals surface area contributed by atoms with Gasteiger partial charge < -0.3 is 14.2 Å². The Bertz CT molecular complexity index is 643. The Morgan fingerprint density at radius 2 is 2.00 bits per heavy atom. The van der Waals surface area contributed by atoms with E-state index in [0.717, 1.165) is 18.4 Å². The van der Waals surface area contributed by atoms with Crippen molar-refractivity contribution >= 4 is 17.5 Å². The van der Waals surface area contributed by atoms with E-state index in [-0.39, 0.29) is 17.5 Å². The Hall–Kier alpha value is -2.56. The zero-order valence-corrected chi connectivity index (χ0v) is 14.0. The smallest absolute Gasteiger partial charge is 0.341 e. The number of hydrogen-bond donors (Lipinski definition) is 0. The number of rotatable bonds is 8. The average molecular weight is 330 g/mol. The van der Waals surface area contributed by atoms with E-state index in [1.54, 1.807) is 18.2 Å². The predicted molar refractivity (Wildman–Crippen MR) is 89.8 cm³/mol. The van der Waals surface area contributed by atoms with Gasteiger partial charge in [-0.3, -0.25) is 4.79 Å². The monoisotopic (exact) mass is 330 g/mol. The first kappa shape index (κ1) is 17.8. The molecule has 0 radical (unpaired) electrons. The van der Waals surface area contributed by atoms with E-state index in [0.29, 0.717) is 12.0 Å². The fraction of sp³-hybridized carbons (Fsp3) is 0.368. The molecule has 1 unspecified atom stereocenters. The Kier molecular flexibility index (Phi) is 6.18. The van der Waals surface area contributed by atoms with Crippen molar-refractivity contribution in [2.75, 3.05) is 14.2 Å². The second kappa shape index (κ2) is 8.34. The third-order valence-electron chi connectivity index (χ3n) is 3.79. The molecule has 24 heavy (non-hydrogen) atoms. The van der Waals surface area contributed by atoms with Crippen molar-refractivity contribution in [1.29, 1.82) is 0 Å². The molecule has 0 saturated heterocycles. The van der Waals surface area contributed by atoms with Crippen molar-refractivity contribution in [3.63, 3.8) is 0 Å². The molecule has 1 atom stereocenters. The summed E-state index contributed by atoms with van der Waals surface area (Å²) < 4.78 is 15.5. The lowest BCUT2D eigenvalue weighted by Crippen LogP contribution is -2.15. The highest BCUT2D eigenvalue weighted by atomic mass is 16.5. The number of methoxy groups -OCH3 is 2. The van der Waals surface area contributed by atoms with Crippen LogP contribution in [0, 0.1) is 5.92 Å². The van der Waals surface area contributed by atoms with E-state index in [9.17, 15) is 9.59 Å². The molecule has 0 aromatic heterocycles. The van der Waals surface area contributed by atoms with Gasteiger partial charge >= 0.3 is 11.9 Å². The highest BCUT2D eigenvalue weighted by Crippen LogP contribution is 2.35. The molecule has 0 spiro atoms. The zero-order valence-electron chi connectivity index (χ0n) is 14.0. The second-order valence-electron chi connectivity index (χ2n) is 5.57. The summed E-state index contributed by atoms with van der Waals surface area (Å²) >= 11 is 0. The fourth-order valence-corrected chi connectivity index (χ4v) is 2.42. The van der Waals surface area contributed by atoms with Gasteiger partial charge in [0, 0.05) is 12.0 Å². The third kappa shape index (κ3) is 4.25. The Labute approximate surface area is 141 Å². The van der Waals surface area contributed by atoms with Gasteiger partial charge in [0.2, 0.25) is 0 Å². The maximum atomic E-state index is 12.1. The number of carbonyl (C=O) groups excluding carboxylic acids is 2. The Morgan fingerprint density at radius 1 is 1.29 bits per heavy atom. The lowest BCUT2D eigenvalue weighted by atomic mass is 9.95. The number of carbonyl (C=O) groups is 2. The molecule has 2 rings (SSSR count). The van der Waals surface area contributed by atoms with Crippen LogP contribution >= 0.6 is 0 Å². The lowest BCUT2D eigenvalue weighted by molar-refractivity contribution is -0.151. The SMILES string of the molecule is C=CCC(OC(=O)C1CC1)c1ccccc1C(=COC)C(=O)OC. The molecule has 0 bridgehead atoms. The first-order valence-electron chi connectivity index (χ1n) is 7.84. The first-order valence-corrected chi connectivity index (χ1v) is 7.84. The van der Waals surface area contributed by atoms with Crippen LogP contribution in [-0.2, 0) is 23.8 Å². The molecule has 0 aliphatic heterocycles. The Morgan fingerprint density at radius 3 is 2.58 bits per heavy atom. The summed E-state index contributed by atoms with van der Waals surface area (Å²) in [4.78, 5) is 24.2. The van der Waals surface area contributed by atoms with E-state index in [1.807, 2.05) is 12.1 Å². The summed E-state index contributed by atoms with van der Waals surface area (Å²) in [6.45, 7) is 3.73. The minimum absolute atomic E-state index is 0.000859. The van der Waals surface area contributed by atoms with Gasteiger partial charge in [0.05, 0.1) is 26.4 Å². The van der Waals surface area contributed by atoms with E-state index in [2.05, 4.69) is 6.58 Å². The quantitative estimate of drug-likeness (QED) is 0.316. The molecular formula is C19H22O5. The molecule has 0 amide bonds. The Balaban J connectivity index is 2.39. The maximum absolute atomic E-state index is 12.1. The van der Waals surface area contributed by atoms with Gasteiger partial charge in [0.15, 0.2) is 0 Å². The van der Waals surface area contributed by atoms with Gasteiger partial charge in [0.25, 0.3) is 0 Å². The van der Waals surface area contributed by atoms with Crippen molar-refractivity contribution in [2.45, 2.75) is 25.4 Å². The molecule has 1 aliphatic carbocycles. The number of benzene rings is 1. The highest BCUT2D eigenvalue weighted by molar-refractivity contribution is 6.16. The van der Waals surface area contributed by atoms with E-state index in [4.69, 9.17) is 14.2 Å². The minimum atomic E-state index is -0.518. The van der Waals surface area contributed by atoms with Gasteiger partial charge in [-0.15, -0.1) is 6.58 Å². The largest absolute Gasteiger partial charge is 0.503 e. The number of hydrogen-bond acceptors (Lipinski definition) is 5. The van der Waals surface area contributed by atoms with Crippen LogP contribution in [-0.4, -0.2) is 26.2 Å². The van der Waals surface area contributed by atoms with Crippen LogP contribution in [0.5, 0.6) is 0 Å². The van der Waals surface area contributed by atoms with Gasteiger partial charge in [-0.05, 0) is 18.4 Å². The summed E-state index contributed by atoms with van der Waals surface area (Å²) in [6, 6.07) is 7.24. The van der Waals surface area contributed by atoms with Crippen LogP contribution in [0.15, 0.2) is 43.2 Å².